The van der Waals surface area contributed by atoms with Crippen molar-refractivity contribution in [3.05, 3.63) is 100 Å². The van der Waals surface area contributed by atoms with Crippen LogP contribution < -0.4 is 14.8 Å². The van der Waals surface area contributed by atoms with Gasteiger partial charge in [-0.1, -0.05) is 65.7 Å². The molecule has 1 N–H and O–H groups in total. The molecule has 3 aromatic carbocycles. The number of nitrogens with one attached hydrogen (secondary N) is 1. The van der Waals surface area contributed by atoms with Crippen molar-refractivity contribution >= 4 is 18.0 Å². The summed E-state index contributed by atoms with van der Waals surface area (Å²) in [6, 6.07) is 20.8. The Balaban J connectivity index is 1.49. The number of hydrogen-bond acceptors (Lipinski definition) is 4. The van der Waals surface area contributed by atoms with Gasteiger partial charge in [-0.2, -0.15) is 0 Å². The van der Waals surface area contributed by atoms with E-state index in [1.807, 2.05) is 62.4 Å². The van der Waals surface area contributed by atoms with Gasteiger partial charge in [-0.25, -0.2) is 4.79 Å². The summed E-state index contributed by atoms with van der Waals surface area (Å²) in [4.78, 5) is 26.4. The number of ether oxygens (including phenoxy) is 2. The second-order valence-corrected chi connectivity index (χ2v) is 8.06. The zero-order chi connectivity index (χ0) is 23.4. The molecule has 3 aromatic rings. The molecule has 168 valence electrons. The average Bonchev–Trinajstić information content (AvgIpc) is 3.05. The van der Waals surface area contributed by atoms with Gasteiger partial charge in [0.2, 0.25) is 0 Å². The molecule has 0 spiro atoms. The minimum atomic E-state index is -0.433. The SMILES string of the molecule is COc1cc(/C=C2/NC(=O)N(Cc3cccc(C)c3)C2=O)ccc1OCc1cccc(C)c1. The van der Waals surface area contributed by atoms with E-state index in [4.69, 9.17) is 9.47 Å². The van der Waals surface area contributed by atoms with E-state index in [1.54, 1.807) is 25.3 Å². The molecule has 6 nitrogen and oxygen atoms in total. The molecule has 0 aromatic heterocycles. The van der Waals surface area contributed by atoms with Crippen LogP contribution in [0.15, 0.2) is 72.4 Å². The largest absolute Gasteiger partial charge is 0.493 e. The highest BCUT2D eigenvalue weighted by Gasteiger charge is 2.33. The Hall–Kier alpha value is -4.06. The number of aryl methyl sites for hydroxylation is 2. The molecule has 0 radical (unpaired) electrons. The van der Waals surface area contributed by atoms with Crippen molar-refractivity contribution in [2.45, 2.75) is 27.0 Å². The van der Waals surface area contributed by atoms with Crippen molar-refractivity contribution in [3.63, 3.8) is 0 Å². The first-order valence-corrected chi connectivity index (χ1v) is 10.7. The van der Waals surface area contributed by atoms with Gasteiger partial charge in [-0.05, 0) is 48.7 Å². The Morgan fingerprint density at radius 3 is 2.27 bits per heavy atom. The normalized spacial score (nSPS) is 14.5. The first kappa shape index (κ1) is 22.1. The van der Waals surface area contributed by atoms with Gasteiger partial charge in [-0.15, -0.1) is 0 Å². The number of benzene rings is 3. The molecule has 1 aliphatic rings. The maximum atomic E-state index is 12.8. The van der Waals surface area contributed by atoms with E-state index >= 15 is 0 Å². The predicted molar refractivity (Wildman–Crippen MR) is 127 cm³/mol. The second-order valence-electron chi connectivity index (χ2n) is 8.06. The van der Waals surface area contributed by atoms with Gasteiger partial charge in [0.1, 0.15) is 12.3 Å². The fraction of sp³-hybridized carbons (Fsp3) is 0.185. The zero-order valence-electron chi connectivity index (χ0n) is 18.9. The summed E-state index contributed by atoms with van der Waals surface area (Å²) in [5, 5.41) is 2.67. The third-order valence-electron chi connectivity index (χ3n) is 5.36. The summed E-state index contributed by atoms with van der Waals surface area (Å²) < 4.78 is 11.4. The van der Waals surface area contributed by atoms with Crippen molar-refractivity contribution in [2.75, 3.05) is 7.11 Å². The number of imide groups is 1. The zero-order valence-corrected chi connectivity index (χ0v) is 18.9. The highest BCUT2D eigenvalue weighted by Crippen LogP contribution is 2.30. The summed E-state index contributed by atoms with van der Waals surface area (Å²) in [6.07, 6.45) is 1.64. The van der Waals surface area contributed by atoms with Crippen LogP contribution in [0.25, 0.3) is 6.08 Å². The van der Waals surface area contributed by atoms with Gasteiger partial charge >= 0.3 is 6.03 Å². The molecule has 0 aliphatic carbocycles. The topological polar surface area (TPSA) is 67.9 Å². The molecule has 4 rings (SSSR count). The lowest BCUT2D eigenvalue weighted by molar-refractivity contribution is -0.123. The van der Waals surface area contributed by atoms with Crippen molar-refractivity contribution in [1.82, 2.24) is 10.2 Å². The lowest BCUT2D eigenvalue weighted by atomic mass is 10.1. The molecular formula is C27H26N2O4. The molecule has 3 amide bonds. The van der Waals surface area contributed by atoms with Crippen LogP contribution in [0.1, 0.15) is 27.8 Å². The molecule has 1 saturated heterocycles. The standard InChI is InChI=1S/C27H26N2O4/c1-18-6-4-8-21(12-18)16-29-26(30)23(28-27(29)31)14-20-10-11-24(25(15-20)32-3)33-17-22-9-5-7-19(2)13-22/h4-15H,16-17H2,1-3H3,(H,28,31)/b23-14+. The number of carbonyl (C=O) groups excluding carboxylic acids is 2. The summed E-state index contributed by atoms with van der Waals surface area (Å²) in [5.41, 5.74) is 5.16. The third kappa shape index (κ3) is 5.23. The lowest BCUT2D eigenvalue weighted by Gasteiger charge is -2.12. The van der Waals surface area contributed by atoms with E-state index in [2.05, 4.69) is 11.4 Å². The van der Waals surface area contributed by atoms with Crippen LogP contribution in [0.5, 0.6) is 11.5 Å². The Labute approximate surface area is 193 Å². The highest BCUT2D eigenvalue weighted by atomic mass is 16.5. The van der Waals surface area contributed by atoms with Gasteiger partial charge in [0.15, 0.2) is 11.5 Å². The minimum absolute atomic E-state index is 0.221. The number of hydrogen-bond donors (Lipinski definition) is 1. The van der Waals surface area contributed by atoms with Gasteiger partial charge in [0.25, 0.3) is 5.91 Å². The maximum absolute atomic E-state index is 12.8. The molecule has 1 fully saturated rings. The Morgan fingerprint density at radius 2 is 1.58 bits per heavy atom. The van der Waals surface area contributed by atoms with Crippen molar-refractivity contribution in [1.29, 1.82) is 0 Å². The van der Waals surface area contributed by atoms with Gasteiger partial charge in [0, 0.05) is 0 Å². The third-order valence-corrected chi connectivity index (χ3v) is 5.36. The number of methoxy groups -OCH3 is 1. The molecular weight excluding hydrogens is 416 g/mol. The van der Waals surface area contributed by atoms with Crippen LogP contribution in [0.4, 0.5) is 4.79 Å². The number of urea groups is 1. The fourth-order valence-electron chi connectivity index (χ4n) is 3.73. The smallest absolute Gasteiger partial charge is 0.329 e. The number of rotatable bonds is 7. The molecule has 1 aliphatic heterocycles. The molecule has 1 heterocycles. The summed E-state index contributed by atoms with van der Waals surface area (Å²) in [7, 11) is 1.57. The lowest BCUT2D eigenvalue weighted by Crippen LogP contribution is -2.30. The van der Waals surface area contributed by atoms with Crippen LogP contribution in [0.2, 0.25) is 0 Å². The van der Waals surface area contributed by atoms with Crippen LogP contribution in [-0.4, -0.2) is 23.9 Å². The van der Waals surface area contributed by atoms with E-state index in [1.165, 1.54) is 10.5 Å². The molecule has 0 saturated carbocycles. The van der Waals surface area contributed by atoms with E-state index in [0.717, 1.165) is 22.3 Å². The second kappa shape index (κ2) is 9.61. The molecule has 33 heavy (non-hydrogen) atoms. The quantitative estimate of drug-likeness (QED) is 0.414. The summed E-state index contributed by atoms with van der Waals surface area (Å²) in [6.45, 7) is 4.65. The number of nitrogens with zero attached hydrogens (tertiary/aromatic N) is 1. The van der Waals surface area contributed by atoms with Gasteiger partial charge in [-0.3, -0.25) is 9.69 Å². The van der Waals surface area contributed by atoms with E-state index in [9.17, 15) is 9.59 Å². The van der Waals surface area contributed by atoms with E-state index in [0.29, 0.717) is 18.1 Å². The van der Waals surface area contributed by atoms with Crippen molar-refractivity contribution < 1.29 is 19.1 Å². The maximum Gasteiger partial charge on any atom is 0.329 e. The average molecular weight is 443 g/mol. The van der Waals surface area contributed by atoms with Gasteiger partial charge in [0.05, 0.1) is 13.7 Å². The van der Waals surface area contributed by atoms with E-state index < -0.39 is 6.03 Å². The van der Waals surface area contributed by atoms with E-state index in [-0.39, 0.29) is 18.1 Å². The van der Waals surface area contributed by atoms with Crippen LogP contribution in [0, 0.1) is 13.8 Å². The monoisotopic (exact) mass is 442 g/mol. The van der Waals surface area contributed by atoms with Crippen molar-refractivity contribution in [3.8, 4) is 11.5 Å². The highest BCUT2D eigenvalue weighted by molar-refractivity contribution is 6.13. The summed E-state index contributed by atoms with van der Waals surface area (Å²) in [5.74, 6) is 0.787. The first-order valence-electron chi connectivity index (χ1n) is 10.7. The van der Waals surface area contributed by atoms with Crippen LogP contribution >= 0.6 is 0 Å². The van der Waals surface area contributed by atoms with Crippen molar-refractivity contribution in [2.24, 2.45) is 0 Å². The summed E-state index contributed by atoms with van der Waals surface area (Å²) >= 11 is 0. The molecule has 0 bridgehead atoms. The Kier molecular flexibility index (Phi) is 6.45. The first-order chi connectivity index (χ1) is 15.9. The molecule has 6 heteroatoms. The predicted octanol–water partition coefficient (Wildman–Crippen LogP) is 4.98. The van der Waals surface area contributed by atoms with Gasteiger partial charge < -0.3 is 14.8 Å². The number of amides is 3. The Morgan fingerprint density at radius 1 is 0.879 bits per heavy atom. The number of carbonyl (C=O) groups is 2. The van der Waals surface area contributed by atoms with Crippen LogP contribution in [-0.2, 0) is 17.9 Å². The fourth-order valence-corrected chi connectivity index (χ4v) is 3.73. The molecule has 0 atom stereocenters. The van der Waals surface area contributed by atoms with Crippen LogP contribution in [0.3, 0.4) is 0 Å². The minimum Gasteiger partial charge on any atom is -0.493 e. The molecule has 0 unspecified atom stereocenters. The Bertz CT molecular complexity index is 1230.